The normalized spacial score (nSPS) is 10.8. The first-order valence-corrected chi connectivity index (χ1v) is 9.92. The van der Waals surface area contributed by atoms with E-state index in [-0.39, 0.29) is 12.6 Å². The molecule has 1 aromatic carbocycles. The van der Waals surface area contributed by atoms with Crippen LogP contribution in [0.1, 0.15) is 29.9 Å². The number of aliphatic hydroxyl groups excluding tert-OH is 1. The van der Waals surface area contributed by atoms with Crippen LogP contribution in [-0.2, 0) is 13.0 Å². The monoisotopic (exact) mass is 400 g/mol. The molecular formula is C20H24N4O3S. The van der Waals surface area contributed by atoms with E-state index in [9.17, 15) is 5.11 Å². The molecule has 0 saturated carbocycles. The summed E-state index contributed by atoms with van der Waals surface area (Å²) in [6.07, 6.45) is 2.14. The number of nitrogens with zero attached hydrogens (tertiary/aromatic N) is 2. The second-order valence-electron chi connectivity index (χ2n) is 6.03. The summed E-state index contributed by atoms with van der Waals surface area (Å²) in [6.45, 7) is 4.83. The number of thiophene rings is 1. The summed E-state index contributed by atoms with van der Waals surface area (Å²) in [5.74, 6) is 1.91. The average molecular weight is 401 g/mol. The lowest BCUT2D eigenvalue weighted by atomic mass is 9.96. The molecule has 0 aliphatic heterocycles. The highest BCUT2D eigenvalue weighted by Crippen LogP contribution is 2.45. The molecule has 0 atom stereocenters. The average Bonchev–Trinajstić information content (AvgIpc) is 3.07. The first kappa shape index (κ1) is 19.9. The largest absolute Gasteiger partial charge is 0.493 e. The lowest BCUT2D eigenvalue weighted by Crippen LogP contribution is -2.05. The van der Waals surface area contributed by atoms with Crippen molar-refractivity contribution in [3.05, 3.63) is 45.8 Å². The predicted molar refractivity (Wildman–Crippen MR) is 112 cm³/mol. The topological polar surface area (TPSA) is 117 Å². The molecule has 8 heteroatoms. The van der Waals surface area contributed by atoms with Crippen LogP contribution in [-0.4, -0.2) is 28.3 Å². The van der Waals surface area contributed by atoms with Crippen LogP contribution in [0.25, 0.3) is 11.1 Å². The summed E-state index contributed by atoms with van der Waals surface area (Å²) in [6, 6.07) is 5.71. The molecule has 5 N–H and O–H groups in total. The van der Waals surface area contributed by atoms with Crippen LogP contribution < -0.4 is 20.9 Å². The fourth-order valence-corrected chi connectivity index (χ4v) is 3.98. The van der Waals surface area contributed by atoms with Crippen LogP contribution in [0.4, 0.5) is 11.8 Å². The quantitative estimate of drug-likeness (QED) is 0.531. The Morgan fingerprint density at radius 3 is 2.29 bits per heavy atom. The first-order chi connectivity index (χ1) is 13.6. The van der Waals surface area contributed by atoms with Crippen LogP contribution in [0.2, 0.25) is 0 Å². The van der Waals surface area contributed by atoms with Crippen molar-refractivity contribution in [2.75, 3.05) is 24.7 Å². The highest BCUT2D eigenvalue weighted by molar-refractivity contribution is 7.10. The Bertz CT molecular complexity index is 934. The van der Waals surface area contributed by atoms with Gasteiger partial charge >= 0.3 is 0 Å². The molecule has 3 aromatic rings. The van der Waals surface area contributed by atoms with E-state index in [0.29, 0.717) is 37.0 Å². The van der Waals surface area contributed by atoms with Crippen LogP contribution in [0.5, 0.6) is 11.5 Å². The van der Waals surface area contributed by atoms with E-state index in [4.69, 9.17) is 20.9 Å². The van der Waals surface area contributed by atoms with Crippen molar-refractivity contribution < 1.29 is 14.6 Å². The number of benzene rings is 1. The number of hydrogen-bond donors (Lipinski definition) is 3. The van der Waals surface area contributed by atoms with Gasteiger partial charge in [-0.3, -0.25) is 0 Å². The van der Waals surface area contributed by atoms with Gasteiger partial charge in [0.05, 0.1) is 25.4 Å². The van der Waals surface area contributed by atoms with E-state index in [2.05, 4.69) is 9.97 Å². The number of hydrogen-bond acceptors (Lipinski definition) is 8. The van der Waals surface area contributed by atoms with E-state index in [1.165, 1.54) is 11.3 Å². The maximum Gasteiger partial charge on any atom is 0.221 e. The number of nitrogen functional groups attached to an aromatic ring is 2. The Morgan fingerprint density at radius 2 is 1.71 bits per heavy atom. The van der Waals surface area contributed by atoms with Crippen molar-refractivity contribution >= 4 is 23.1 Å². The summed E-state index contributed by atoms with van der Waals surface area (Å²) in [5.41, 5.74) is 15.1. The van der Waals surface area contributed by atoms with Crippen LogP contribution in [0.3, 0.4) is 0 Å². The molecular weight excluding hydrogens is 376 g/mol. The zero-order chi connectivity index (χ0) is 20.1. The molecule has 0 radical (unpaired) electrons. The summed E-state index contributed by atoms with van der Waals surface area (Å²) < 4.78 is 11.7. The maximum atomic E-state index is 9.95. The second kappa shape index (κ2) is 8.90. The van der Waals surface area contributed by atoms with Crippen LogP contribution in [0.15, 0.2) is 29.8 Å². The SMILES string of the molecule is CCOc1cccc(OCC)c1-c1c(Cc2cnc(N)nc2N)csc1CO. The van der Waals surface area contributed by atoms with Gasteiger partial charge < -0.3 is 26.0 Å². The molecule has 0 spiro atoms. The standard InChI is InChI=1S/C20H24N4O3S/c1-3-26-14-6-5-7-15(27-4-2)18(14)17-13(11-28-16(17)10-25)8-12-9-23-20(22)24-19(12)21/h5-7,9,11,25H,3-4,8,10H2,1-2H3,(H4,21,22,23,24). The summed E-state index contributed by atoms with van der Waals surface area (Å²) in [7, 11) is 0. The predicted octanol–water partition coefficient (Wildman–Crippen LogP) is 3.25. The molecule has 28 heavy (non-hydrogen) atoms. The number of rotatable bonds is 8. The number of aromatic nitrogens is 2. The van der Waals surface area contributed by atoms with Gasteiger partial charge in [0.2, 0.25) is 5.95 Å². The van der Waals surface area contributed by atoms with E-state index in [1.807, 2.05) is 37.4 Å². The van der Waals surface area contributed by atoms with E-state index >= 15 is 0 Å². The summed E-state index contributed by atoms with van der Waals surface area (Å²) in [4.78, 5) is 8.92. The molecule has 148 valence electrons. The summed E-state index contributed by atoms with van der Waals surface area (Å²) >= 11 is 1.49. The van der Waals surface area contributed by atoms with Crippen molar-refractivity contribution in [1.29, 1.82) is 0 Å². The first-order valence-electron chi connectivity index (χ1n) is 9.04. The highest BCUT2D eigenvalue weighted by Gasteiger charge is 2.22. The van der Waals surface area contributed by atoms with Gasteiger partial charge in [0.15, 0.2) is 0 Å². The number of anilines is 2. The van der Waals surface area contributed by atoms with Gasteiger partial charge in [-0.25, -0.2) is 4.98 Å². The van der Waals surface area contributed by atoms with Gasteiger partial charge in [0.1, 0.15) is 17.3 Å². The van der Waals surface area contributed by atoms with E-state index in [0.717, 1.165) is 27.1 Å². The lowest BCUT2D eigenvalue weighted by molar-refractivity contribution is 0.285. The Labute approximate surface area is 168 Å². The van der Waals surface area contributed by atoms with Crippen molar-refractivity contribution in [3.63, 3.8) is 0 Å². The molecule has 0 aliphatic carbocycles. The number of nitrogens with two attached hydrogens (primary N) is 2. The minimum Gasteiger partial charge on any atom is -0.493 e. The molecule has 0 unspecified atom stereocenters. The smallest absolute Gasteiger partial charge is 0.221 e. The van der Waals surface area contributed by atoms with Gasteiger partial charge in [0, 0.05) is 28.6 Å². The third-order valence-corrected chi connectivity index (χ3v) is 5.24. The summed E-state index contributed by atoms with van der Waals surface area (Å²) in [5, 5.41) is 12.0. The second-order valence-corrected chi connectivity index (χ2v) is 6.99. The van der Waals surface area contributed by atoms with Gasteiger partial charge in [-0.05, 0) is 36.9 Å². The van der Waals surface area contributed by atoms with Crippen molar-refractivity contribution in [2.24, 2.45) is 0 Å². The van der Waals surface area contributed by atoms with E-state index in [1.54, 1.807) is 6.20 Å². The van der Waals surface area contributed by atoms with Gasteiger partial charge in [0.25, 0.3) is 0 Å². The zero-order valence-electron chi connectivity index (χ0n) is 15.9. The molecule has 0 amide bonds. The molecule has 0 aliphatic rings. The Balaban J connectivity index is 2.15. The van der Waals surface area contributed by atoms with Crippen LogP contribution >= 0.6 is 11.3 Å². The molecule has 0 saturated heterocycles. The molecule has 2 heterocycles. The minimum absolute atomic E-state index is 0.0836. The number of ether oxygens (including phenoxy) is 2. The Morgan fingerprint density at radius 1 is 1.04 bits per heavy atom. The Kier molecular flexibility index (Phi) is 6.33. The van der Waals surface area contributed by atoms with Crippen molar-refractivity contribution in [3.8, 4) is 22.6 Å². The van der Waals surface area contributed by atoms with Gasteiger partial charge in [-0.1, -0.05) is 6.07 Å². The molecule has 7 nitrogen and oxygen atoms in total. The number of aliphatic hydroxyl groups is 1. The van der Waals surface area contributed by atoms with E-state index < -0.39 is 0 Å². The fourth-order valence-electron chi connectivity index (χ4n) is 3.07. The van der Waals surface area contributed by atoms with Crippen LogP contribution in [0, 0.1) is 0 Å². The molecule has 0 bridgehead atoms. The van der Waals surface area contributed by atoms with Gasteiger partial charge in [-0.15, -0.1) is 11.3 Å². The third kappa shape index (κ3) is 4.02. The molecule has 2 aromatic heterocycles. The highest BCUT2D eigenvalue weighted by atomic mass is 32.1. The Hall–Kier alpha value is -2.84. The lowest BCUT2D eigenvalue weighted by Gasteiger charge is -2.17. The zero-order valence-corrected chi connectivity index (χ0v) is 16.8. The van der Waals surface area contributed by atoms with Crippen molar-refractivity contribution in [2.45, 2.75) is 26.9 Å². The fraction of sp³-hybridized carbons (Fsp3) is 0.300. The molecule has 3 rings (SSSR count). The van der Waals surface area contributed by atoms with Gasteiger partial charge in [-0.2, -0.15) is 4.98 Å². The minimum atomic E-state index is -0.0836. The third-order valence-electron chi connectivity index (χ3n) is 4.22. The maximum absolute atomic E-state index is 9.95. The van der Waals surface area contributed by atoms with Crippen molar-refractivity contribution in [1.82, 2.24) is 9.97 Å². The molecule has 0 fully saturated rings.